The molecule has 0 bridgehead atoms. The van der Waals surface area contributed by atoms with Gasteiger partial charge in [-0.15, -0.1) is 0 Å². The van der Waals surface area contributed by atoms with Gasteiger partial charge in [0.15, 0.2) is 0 Å². The molecule has 0 saturated carbocycles. The Hall–Kier alpha value is -2.71. The van der Waals surface area contributed by atoms with Gasteiger partial charge in [0.25, 0.3) is 12.0 Å². The molecule has 0 spiro atoms. The Kier molecular flexibility index (Phi) is 7.76. The van der Waals surface area contributed by atoms with Gasteiger partial charge >= 0.3 is 11.7 Å². The number of carboxylic acid groups (broad SMARTS) is 1. The Morgan fingerprint density at radius 3 is 2.45 bits per heavy atom. The quantitative estimate of drug-likeness (QED) is 0.206. The van der Waals surface area contributed by atoms with Crippen LogP contribution in [0.5, 0.6) is 0 Å². The summed E-state index contributed by atoms with van der Waals surface area (Å²) in [6, 6.07) is 0.319. The lowest BCUT2D eigenvalue weighted by Gasteiger charge is -2.45. The van der Waals surface area contributed by atoms with Gasteiger partial charge in [-0.25, -0.2) is 32.0 Å². The van der Waals surface area contributed by atoms with Crippen LogP contribution in [0.25, 0.3) is 5.70 Å². The molecule has 3 N–H and O–H groups in total. The topological polar surface area (TPSA) is 143 Å². The zero-order valence-corrected chi connectivity index (χ0v) is 19.3. The maximum Gasteiger partial charge on any atom is 0.354 e. The van der Waals surface area contributed by atoms with Crippen LogP contribution in [0, 0.1) is 5.92 Å². The Morgan fingerprint density at radius 1 is 1.36 bits per heavy atom. The molecule has 1 aromatic heterocycles. The third-order valence-electron chi connectivity index (χ3n) is 5.23. The molecule has 0 saturated heterocycles. The number of carbonyl (C=O) groups excluding carboxylic acids is 1. The van der Waals surface area contributed by atoms with Gasteiger partial charge in [0.1, 0.15) is 17.8 Å². The third kappa shape index (κ3) is 4.29. The molecular formula is C19H21BrF3N3O7. The van der Waals surface area contributed by atoms with E-state index in [0.29, 0.717) is 18.4 Å². The number of hydrogen-bond acceptors (Lipinski definition) is 7. The van der Waals surface area contributed by atoms with Crippen molar-refractivity contribution >= 4 is 33.9 Å². The summed E-state index contributed by atoms with van der Waals surface area (Å²) in [5.74, 6) is 1.16. The minimum absolute atomic E-state index is 0.0564. The van der Waals surface area contributed by atoms with E-state index in [2.05, 4.69) is 15.9 Å². The van der Waals surface area contributed by atoms with Gasteiger partial charge in [-0.1, -0.05) is 22.9 Å². The minimum Gasteiger partial charge on any atom is -0.479 e. The predicted octanol–water partition coefficient (Wildman–Crippen LogP) is 1.21. The highest BCUT2D eigenvalue weighted by Gasteiger charge is 2.59. The van der Waals surface area contributed by atoms with Crippen molar-refractivity contribution in [3.8, 4) is 0 Å². The Labute approximate surface area is 193 Å². The predicted molar refractivity (Wildman–Crippen MR) is 113 cm³/mol. The van der Waals surface area contributed by atoms with Crippen molar-refractivity contribution in [3.05, 3.63) is 50.1 Å². The lowest BCUT2D eigenvalue weighted by Crippen LogP contribution is -2.59. The van der Waals surface area contributed by atoms with Gasteiger partial charge in [0.05, 0.1) is 23.2 Å². The molecule has 10 nitrogen and oxygen atoms in total. The van der Waals surface area contributed by atoms with E-state index >= 15 is 4.39 Å². The van der Waals surface area contributed by atoms with Gasteiger partial charge < -0.3 is 25.2 Å². The van der Waals surface area contributed by atoms with Crippen LogP contribution in [0.1, 0.15) is 26.0 Å². The number of carbonyl (C=O) groups is 2. The van der Waals surface area contributed by atoms with Crippen molar-refractivity contribution in [2.24, 2.45) is 5.92 Å². The molecule has 3 unspecified atom stereocenters. The average Bonchev–Trinajstić information content (AvgIpc) is 2.72. The first kappa shape index (κ1) is 26.5. The van der Waals surface area contributed by atoms with E-state index in [1.54, 1.807) is 0 Å². The summed E-state index contributed by atoms with van der Waals surface area (Å²) in [6.45, 7) is 2.10. The third-order valence-corrected chi connectivity index (χ3v) is 6.25. The number of halogens is 4. The van der Waals surface area contributed by atoms with Crippen LogP contribution >= 0.6 is 15.9 Å². The number of nitrogen functional groups attached to an aromatic ring is 1. The second-order valence-electron chi connectivity index (χ2n) is 7.26. The van der Waals surface area contributed by atoms with E-state index in [1.807, 2.05) is 0 Å². The van der Waals surface area contributed by atoms with Gasteiger partial charge in [-0.05, 0) is 18.6 Å². The smallest absolute Gasteiger partial charge is 0.354 e. The standard InChI is InChI=1S/C19H21BrF3N3O7/c1-9(8-27)13-14(21)11(25-12(28)6-10(15(22)23)26(24)17(25)31)7-19(16(29)30,18(13,2)20)33-5-4-32-3/h6-9,15H,4-5,24H2,1-3H3,(H,29,30). The number of nitrogens with two attached hydrogens (primary N) is 1. The molecule has 182 valence electrons. The summed E-state index contributed by atoms with van der Waals surface area (Å²) in [5.41, 5.74) is -7.93. The van der Waals surface area contributed by atoms with Gasteiger partial charge in [0, 0.05) is 19.1 Å². The molecule has 3 atom stereocenters. The van der Waals surface area contributed by atoms with Crippen LogP contribution in [0.3, 0.4) is 0 Å². The van der Waals surface area contributed by atoms with E-state index in [0.717, 1.165) is 0 Å². The molecule has 0 fully saturated rings. The number of aldehydes is 1. The van der Waals surface area contributed by atoms with E-state index in [-0.39, 0.29) is 22.5 Å². The highest BCUT2D eigenvalue weighted by atomic mass is 79.9. The molecule has 0 amide bonds. The van der Waals surface area contributed by atoms with Gasteiger partial charge in [0.2, 0.25) is 5.60 Å². The van der Waals surface area contributed by atoms with Crippen LogP contribution in [0.4, 0.5) is 13.2 Å². The number of aliphatic carboxylic acids is 1. The second kappa shape index (κ2) is 9.65. The van der Waals surface area contributed by atoms with Crippen molar-refractivity contribution in [3.63, 3.8) is 0 Å². The first-order valence-electron chi connectivity index (χ1n) is 9.34. The number of alkyl halides is 3. The molecule has 0 aliphatic heterocycles. The zero-order chi connectivity index (χ0) is 25.3. The lowest BCUT2D eigenvalue weighted by atomic mass is 9.73. The van der Waals surface area contributed by atoms with Crippen LogP contribution in [-0.4, -0.2) is 56.9 Å². The van der Waals surface area contributed by atoms with Crippen LogP contribution in [-0.2, 0) is 19.1 Å². The number of allylic oxidation sites excluding steroid dienone is 2. The molecule has 14 heteroatoms. The molecule has 0 aromatic carbocycles. The van der Waals surface area contributed by atoms with Gasteiger partial charge in [-0.3, -0.25) is 4.79 Å². The maximum absolute atomic E-state index is 15.7. The molecule has 1 aliphatic rings. The Balaban J connectivity index is 3.00. The van der Waals surface area contributed by atoms with E-state index < -0.39 is 62.3 Å². The average molecular weight is 540 g/mol. The van der Waals surface area contributed by atoms with Crippen LogP contribution in [0.2, 0.25) is 0 Å². The van der Waals surface area contributed by atoms with Crippen molar-refractivity contribution in [1.82, 2.24) is 9.24 Å². The highest BCUT2D eigenvalue weighted by Crippen LogP contribution is 2.51. The lowest BCUT2D eigenvalue weighted by molar-refractivity contribution is -0.163. The fourth-order valence-electron chi connectivity index (χ4n) is 3.54. The van der Waals surface area contributed by atoms with Crippen LogP contribution in [0.15, 0.2) is 33.1 Å². The molecule has 33 heavy (non-hydrogen) atoms. The Morgan fingerprint density at radius 2 is 1.97 bits per heavy atom. The number of aromatic nitrogens is 2. The minimum atomic E-state index is -3.29. The van der Waals surface area contributed by atoms with E-state index in [4.69, 9.17) is 15.3 Å². The summed E-state index contributed by atoms with van der Waals surface area (Å²) >= 11 is 3.16. The zero-order valence-electron chi connectivity index (χ0n) is 17.7. The van der Waals surface area contributed by atoms with Crippen molar-refractivity contribution < 1.29 is 37.3 Å². The summed E-state index contributed by atoms with van der Waals surface area (Å²) in [7, 11) is 1.32. The molecule has 1 heterocycles. The second-order valence-corrected chi connectivity index (χ2v) is 8.85. The molecule has 2 rings (SSSR count). The van der Waals surface area contributed by atoms with Crippen molar-refractivity contribution in [2.75, 3.05) is 26.2 Å². The first-order valence-corrected chi connectivity index (χ1v) is 10.1. The SMILES string of the molecule is COCCOC1(C(=O)O)C=C(n2c(=O)cc(C(F)F)n(N)c2=O)C(F)=C(C(C)C=O)C1(C)Br. The number of ether oxygens (including phenoxy) is 2. The monoisotopic (exact) mass is 539 g/mol. The fourth-order valence-corrected chi connectivity index (χ4v) is 4.48. The summed E-state index contributed by atoms with van der Waals surface area (Å²) in [5, 5.41) is 10.1. The molecule has 0 radical (unpaired) electrons. The van der Waals surface area contributed by atoms with E-state index in [9.17, 15) is 33.1 Å². The first-order chi connectivity index (χ1) is 15.3. The van der Waals surface area contributed by atoms with Crippen LogP contribution < -0.4 is 17.1 Å². The van der Waals surface area contributed by atoms with Crippen molar-refractivity contribution in [1.29, 1.82) is 0 Å². The normalized spacial score (nSPS) is 24.1. The van der Waals surface area contributed by atoms with E-state index in [1.165, 1.54) is 21.0 Å². The maximum atomic E-state index is 15.7. The molecule has 1 aliphatic carbocycles. The van der Waals surface area contributed by atoms with Crippen molar-refractivity contribution in [2.45, 2.75) is 30.2 Å². The number of hydrogen-bond donors (Lipinski definition) is 2. The number of methoxy groups -OCH3 is 1. The highest BCUT2D eigenvalue weighted by molar-refractivity contribution is 9.10. The molecular weight excluding hydrogens is 519 g/mol. The number of carboxylic acids is 1. The number of nitrogens with zero attached hydrogens (tertiary/aromatic N) is 2. The largest absolute Gasteiger partial charge is 0.479 e. The summed E-state index contributed by atoms with van der Waals surface area (Å²) < 4.78 is 50.5. The number of rotatable bonds is 9. The summed E-state index contributed by atoms with van der Waals surface area (Å²) in [4.78, 5) is 49.2. The fraction of sp³-hybridized carbons (Fsp3) is 0.474. The molecule has 1 aromatic rings. The Bertz CT molecular complexity index is 1140. The van der Waals surface area contributed by atoms with Gasteiger partial charge in [-0.2, -0.15) is 0 Å². The summed E-state index contributed by atoms with van der Waals surface area (Å²) in [6.07, 6.45) is -2.32.